The smallest absolute Gasteiger partial charge is 0.0462 e. The summed E-state index contributed by atoms with van der Waals surface area (Å²) >= 11 is 0. The molecule has 1 N–H and O–H groups in total. The Kier molecular flexibility index (Phi) is 4.83. The van der Waals surface area contributed by atoms with Crippen molar-refractivity contribution < 1.29 is 4.74 Å². The zero-order valence-electron chi connectivity index (χ0n) is 11.5. The van der Waals surface area contributed by atoms with Gasteiger partial charge >= 0.3 is 0 Å². The van der Waals surface area contributed by atoms with Crippen LogP contribution in [0, 0.1) is 0 Å². The Balaban J connectivity index is 1.85. The lowest BCUT2D eigenvalue weighted by Gasteiger charge is -2.48. The number of nitrogens with zero attached hydrogens (tertiary/aromatic N) is 1. The number of unbranched alkanes of at least 4 members (excludes halogenated alkanes) is 1. The van der Waals surface area contributed by atoms with Crippen molar-refractivity contribution in [1.29, 1.82) is 0 Å². The van der Waals surface area contributed by atoms with E-state index in [0.29, 0.717) is 11.6 Å². The van der Waals surface area contributed by atoms with Gasteiger partial charge in [-0.3, -0.25) is 4.90 Å². The van der Waals surface area contributed by atoms with Gasteiger partial charge in [-0.05, 0) is 39.2 Å². The quantitative estimate of drug-likeness (QED) is 0.744. The average Bonchev–Trinajstić information content (AvgIpc) is 2.79. The molecule has 1 saturated carbocycles. The molecular formula is C14H28N2O. The first kappa shape index (κ1) is 13.3. The Morgan fingerprint density at radius 2 is 2.06 bits per heavy atom. The lowest BCUT2D eigenvalue weighted by atomic mass is 9.91. The van der Waals surface area contributed by atoms with Crippen molar-refractivity contribution in [2.24, 2.45) is 0 Å². The monoisotopic (exact) mass is 240 g/mol. The number of nitrogens with one attached hydrogen (secondary N) is 1. The molecule has 0 aromatic rings. The summed E-state index contributed by atoms with van der Waals surface area (Å²) in [6, 6.07) is 0.656. The van der Waals surface area contributed by atoms with Gasteiger partial charge in [0.2, 0.25) is 0 Å². The van der Waals surface area contributed by atoms with Gasteiger partial charge in [-0.2, -0.15) is 0 Å². The largest absolute Gasteiger partial charge is 0.385 e. The molecule has 2 fully saturated rings. The van der Waals surface area contributed by atoms with Crippen LogP contribution in [0.2, 0.25) is 0 Å². The standard InChI is InChI=1S/C14H28N2O/c1-13-11-16(9-5-6-10-17-2)14(12-15-13)7-3-4-8-14/h13,15H,3-12H2,1-2H3. The van der Waals surface area contributed by atoms with E-state index >= 15 is 0 Å². The zero-order chi connectivity index (χ0) is 12.1. The van der Waals surface area contributed by atoms with Gasteiger partial charge in [0, 0.05) is 38.4 Å². The SMILES string of the molecule is COCCCCN1CC(C)NCC12CCCC2. The molecule has 17 heavy (non-hydrogen) atoms. The van der Waals surface area contributed by atoms with Crippen LogP contribution in [0.25, 0.3) is 0 Å². The van der Waals surface area contributed by atoms with Crippen molar-refractivity contribution in [3.05, 3.63) is 0 Å². The molecule has 2 aliphatic rings. The van der Waals surface area contributed by atoms with E-state index < -0.39 is 0 Å². The highest BCUT2D eigenvalue weighted by atomic mass is 16.5. The second-order valence-corrected chi connectivity index (χ2v) is 5.86. The third kappa shape index (κ3) is 3.21. The first-order chi connectivity index (χ1) is 8.27. The second-order valence-electron chi connectivity index (χ2n) is 5.86. The lowest BCUT2D eigenvalue weighted by molar-refractivity contribution is 0.0432. The molecule has 0 amide bonds. The Hall–Kier alpha value is -0.120. The van der Waals surface area contributed by atoms with E-state index in [1.807, 2.05) is 0 Å². The van der Waals surface area contributed by atoms with E-state index in [1.54, 1.807) is 7.11 Å². The van der Waals surface area contributed by atoms with E-state index in [0.717, 1.165) is 6.61 Å². The molecule has 100 valence electrons. The maximum Gasteiger partial charge on any atom is 0.0462 e. The minimum atomic E-state index is 0.500. The van der Waals surface area contributed by atoms with Gasteiger partial charge < -0.3 is 10.1 Å². The Morgan fingerprint density at radius 1 is 1.29 bits per heavy atom. The summed E-state index contributed by atoms with van der Waals surface area (Å²) in [5, 5.41) is 3.68. The molecule has 3 heteroatoms. The highest BCUT2D eigenvalue weighted by molar-refractivity contribution is 5.00. The van der Waals surface area contributed by atoms with E-state index in [2.05, 4.69) is 17.1 Å². The Labute approximate surface area is 106 Å². The van der Waals surface area contributed by atoms with Crippen molar-refractivity contribution in [3.8, 4) is 0 Å². The van der Waals surface area contributed by atoms with Gasteiger partial charge in [0.25, 0.3) is 0 Å². The number of hydrogen-bond donors (Lipinski definition) is 1. The van der Waals surface area contributed by atoms with Crippen LogP contribution in [0.5, 0.6) is 0 Å². The van der Waals surface area contributed by atoms with E-state index in [1.165, 1.54) is 58.2 Å². The van der Waals surface area contributed by atoms with Crippen molar-refractivity contribution in [2.45, 2.75) is 57.0 Å². The summed E-state index contributed by atoms with van der Waals surface area (Å²) in [4.78, 5) is 2.77. The fourth-order valence-corrected chi connectivity index (χ4v) is 3.47. The summed E-state index contributed by atoms with van der Waals surface area (Å²) in [6.07, 6.45) is 8.12. The second kappa shape index (κ2) is 6.17. The van der Waals surface area contributed by atoms with Crippen LogP contribution in [0.1, 0.15) is 45.4 Å². The molecule has 2 rings (SSSR count). The molecule has 0 radical (unpaired) electrons. The van der Waals surface area contributed by atoms with Crippen LogP contribution >= 0.6 is 0 Å². The first-order valence-electron chi connectivity index (χ1n) is 7.24. The Morgan fingerprint density at radius 3 is 2.76 bits per heavy atom. The fourth-order valence-electron chi connectivity index (χ4n) is 3.47. The summed E-state index contributed by atoms with van der Waals surface area (Å²) < 4.78 is 5.14. The maximum absolute atomic E-state index is 5.14. The number of piperazine rings is 1. The highest BCUT2D eigenvalue weighted by Gasteiger charge is 2.42. The van der Waals surface area contributed by atoms with Crippen molar-refractivity contribution in [2.75, 3.05) is 33.4 Å². The van der Waals surface area contributed by atoms with Crippen LogP contribution < -0.4 is 5.32 Å². The third-order valence-corrected chi connectivity index (χ3v) is 4.51. The normalized spacial score (nSPS) is 28.9. The van der Waals surface area contributed by atoms with E-state index in [-0.39, 0.29) is 0 Å². The van der Waals surface area contributed by atoms with Gasteiger partial charge in [-0.15, -0.1) is 0 Å². The van der Waals surface area contributed by atoms with Gasteiger partial charge in [0.1, 0.15) is 0 Å². The molecule has 3 nitrogen and oxygen atoms in total. The van der Waals surface area contributed by atoms with Gasteiger partial charge in [-0.25, -0.2) is 0 Å². The van der Waals surface area contributed by atoms with Gasteiger partial charge in [0.05, 0.1) is 0 Å². The van der Waals surface area contributed by atoms with Gasteiger partial charge in [0.15, 0.2) is 0 Å². The van der Waals surface area contributed by atoms with Gasteiger partial charge in [-0.1, -0.05) is 12.8 Å². The number of methoxy groups -OCH3 is 1. The molecule has 1 heterocycles. The topological polar surface area (TPSA) is 24.5 Å². The maximum atomic E-state index is 5.14. The molecule has 1 atom stereocenters. The molecule has 1 spiro atoms. The molecule has 0 aromatic carbocycles. The zero-order valence-corrected chi connectivity index (χ0v) is 11.5. The predicted octanol–water partition coefficient (Wildman–Crippen LogP) is 2.02. The summed E-state index contributed by atoms with van der Waals surface area (Å²) in [5.74, 6) is 0. The van der Waals surface area contributed by atoms with E-state index in [9.17, 15) is 0 Å². The molecule has 1 unspecified atom stereocenters. The molecule has 1 aliphatic heterocycles. The number of rotatable bonds is 5. The summed E-state index contributed by atoms with van der Waals surface area (Å²) in [6.45, 7) is 6.92. The van der Waals surface area contributed by atoms with Crippen LogP contribution in [-0.2, 0) is 4.74 Å². The highest BCUT2D eigenvalue weighted by Crippen LogP contribution is 2.36. The number of ether oxygens (including phenoxy) is 1. The summed E-state index contributed by atoms with van der Waals surface area (Å²) in [5.41, 5.74) is 0.500. The fraction of sp³-hybridized carbons (Fsp3) is 1.00. The first-order valence-corrected chi connectivity index (χ1v) is 7.24. The Bertz CT molecular complexity index is 226. The van der Waals surface area contributed by atoms with E-state index in [4.69, 9.17) is 4.74 Å². The molecule has 0 aromatic heterocycles. The van der Waals surface area contributed by atoms with Crippen molar-refractivity contribution in [1.82, 2.24) is 10.2 Å². The number of hydrogen-bond acceptors (Lipinski definition) is 3. The molecular weight excluding hydrogens is 212 g/mol. The minimum Gasteiger partial charge on any atom is -0.385 e. The van der Waals surface area contributed by atoms with Crippen LogP contribution in [0.15, 0.2) is 0 Å². The van der Waals surface area contributed by atoms with Crippen LogP contribution in [-0.4, -0.2) is 49.8 Å². The van der Waals surface area contributed by atoms with Crippen LogP contribution in [0.4, 0.5) is 0 Å². The minimum absolute atomic E-state index is 0.500. The molecule has 1 aliphatic carbocycles. The summed E-state index contributed by atoms with van der Waals surface area (Å²) in [7, 11) is 1.80. The van der Waals surface area contributed by atoms with Crippen molar-refractivity contribution >= 4 is 0 Å². The van der Waals surface area contributed by atoms with Crippen molar-refractivity contribution in [3.63, 3.8) is 0 Å². The molecule has 1 saturated heterocycles. The average molecular weight is 240 g/mol. The predicted molar refractivity (Wildman–Crippen MR) is 71.3 cm³/mol. The lowest BCUT2D eigenvalue weighted by Crippen LogP contribution is -2.62. The third-order valence-electron chi connectivity index (χ3n) is 4.51. The van der Waals surface area contributed by atoms with Crippen LogP contribution in [0.3, 0.4) is 0 Å². The molecule has 0 bridgehead atoms.